The van der Waals surface area contributed by atoms with E-state index in [9.17, 15) is 4.79 Å². The van der Waals surface area contributed by atoms with Gasteiger partial charge in [-0.25, -0.2) is 9.97 Å². The van der Waals surface area contributed by atoms with E-state index in [-0.39, 0.29) is 22.3 Å². The van der Waals surface area contributed by atoms with Crippen molar-refractivity contribution < 1.29 is 4.79 Å². The third-order valence-electron chi connectivity index (χ3n) is 5.45. The lowest BCUT2D eigenvalue weighted by atomic mass is 9.51. The summed E-state index contributed by atoms with van der Waals surface area (Å²) >= 11 is 11.6. The van der Waals surface area contributed by atoms with E-state index in [4.69, 9.17) is 23.2 Å². The van der Waals surface area contributed by atoms with Gasteiger partial charge in [0.05, 0.1) is 0 Å². The normalized spacial score (nSPS) is 36.8. The van der Waals surface area contributed by atoms with Crippen LogP contribution in [0.15, 0.2) is 6.07 Å². The minimum atomic E-state index is 0.0582. The molecule has 0 aromatic carbocycles. The van der Waals surface area contributed by atoms with E-state index in [1.165, 1.54) is 32.1 Å². The van der Waals surface area contributed by atoms with Crippen LogP contribution >= 0.6 is 23.2 Å². The molecule has 4 bridgehead atoms. The zero-order valence-electron chi connectivity index (χ0n) is 11.6. The Balaban J connectivity index is 1.52. The smallest absolute Gasteiger partial charge is 0.229 e. The predicted octanol–water partition coefficient (Wildman–Crippen LogP) is 3.79. The number of hydrogen-bond donors (Lipinski definition) is 1. The van der Waals surface area contributed by atoms with Crippen molar-refractivity contribution >= 4 is 34.9 Å². The van der Waals surface area contributed by atoms with Crippen LogP contribution in [0.25, 0.3) is 0 Å². The number of amides is 1. The van der Waals surface area contributed by atoms with Gasteiger partial charge in [0.25, 0.3) is 0 Å². The van der Waals surface area contributed by atoms with E-state index < -0.39 is 0 Å². The molecule has 0 unspecified atom stereocenters. The molecule has 112 valence electrons. The summed E-state index contributed by atoms with van der Waals surface area (Å²) in [6.45, 7) is 0. The Kier molecular flexibility index (Phi) is 3.34. The molecule has 1 N–H and O–H groups in total. The highest BCUT2D eigenvalue weighted by Crippen LogP contribution is 2.56. The minimum absolute atomic E-state index is 0.0582. The fraction of sp³-hybridized carbons (Fsp3) is 0.667. The Hall–Kier alpha value is -0.870. The van der Waals surface area contributed by atoms with E-state index in [2.05, 4.69) is 15.3 Å². The van der Waals surface area contributed by atoms with Crippen LogP contribution in [-0.2, 0) is 4.79 Å². The van der Waals surface area contributed by atoms with Gasteiger partial charge in [-0.05, 0) is 67.4 Å². The first-order valence-corrected chi connectivity index (χ1v) is 8.35. The number of anilines is 1. The highest BCUT2D eigenvalue weighted by Gasteiger charge is 2.50. The van der Waals surface area contributed by atoms with Crippen molar-refractivity contribution in [2.24, 2.45) is 29.6 Å². The van der Waals surface area contributed by atoms with Crippen LogP contribution in [0.2, 0.25) is 10.4 Å². The number of nitrogens with zero attached hydrogens (tertiary/aromatic N) is 2. The summed E-state index contributed by atoms with van der Waals surface area (Å²) in [7, 11) is 0. The first kappa shape index (κ1) is 13.8. The van der Waals surface area contributed by atoms with Gasteiger partial charge in [0.2, 0.25) is 11.2 Å². The Morgan fingerprint density at radius 1 is 1.05 bits per heavy atom. The minimum Gasteiger partial charge on any atom is -0.310 e. The van der Waals surface area contributed by atoms with E-state index >= 15 is 0 Å². The summed E-state index contributed by atoms with van der Waals surface area (Å²) in [4.78, 5) is 20.5. The first-order valence-electron chi connectivity index (χ1n) is 7.59. The van der Waals surface area contributed by atoms with Crippen molar-refractivity contribution in [3.05, 3.63) is 16.5 Å². The molecule has 4 aliphatic carbocycles. The number of hydrogen-bond acceptors (Lipinski definition) is 3. The third kappa shape index (κ3) is 2.53. The summed E-state index contributed by atoms with van der Waals surface area (Å²) in [5.41, 5.74) is 0. The number of rotatable bonds is 2. The van der Waals surface area contributed by atoms with E-state index in [0.29, 0.717) is 17.7 Å². The van der Waals surface area contributed by atoms with Crippen molar-refractivity contribution in [2.75, 3.05) is 5.32 Å². The summed E-state index contributed by atoms with van der Waals surface area (Å²) in [5, 5.41) is 3.20. The second kappa shape index (κ2) is 5.10. The van der Waals surface area contributed by atoms with Gasteiger partial charge in [-0.1, -0.05) is 11.6 Å². The number of carbonyl (C=O) groups excluding carboxylic acids is 1. The quantitative estimate of drug-likeness (QED) is 0.664. The second-order valence-electron chi connectivity index (χ2n) is 6.79. The Morgan fingerprint density at radius 2 is 1.67 bits per heavy atom. The van der Waals surface area contributed by atoms with Crippen LogP contribution in [0.1, 0.15) is 32.1 Å². The molecule has 0 aliphatic heterocycles. The molecule has 0 atom stereocenters. The molecule has 0 radical (unpaired) electrons. The summed E-state index contributed by atoms with van der Waals surface area (Å²) in [5.74, 6) is 3.43. The fourth-order valence-corrected chi connectivity index (χ4v) is 5.43. The van der Waals surface area contributed by atoms with Crippen molar-refractivity contribution in [1.82, 2.24) is 9.97 Å². The zero-order chi connectivity index (χ0) is 14.6. The van der Waals surface area contributed by atoms with Crippen LogP contribution in [0.5, 0.6) is 0 Å². The van der Waals surface area contributed by atoms with Gasteiger partial charge in [-0.2, -0.15) is 0 Å². The SMILES string of the molecule is O=C(Nc1cc(Cl)nc(Cl)n1)C1C2CC3CC(C2)CC1C3. The summed E-state index contributed by atoms with van der Waals surface area (Å²) in [6, 6.07) is 1.54. The highest BCUT2D eigenvalue weighted by molar-refractivity contribution is 6.32. The van der Waals surface area contributed by atoms with E-state index in [1.54, 1.807) is 6.07 Å². The van der Waals surface area contributed by atoms with Crippen LogP contribution in [0.4, 0.5) is 5.82 Å². The lowest BCUT2D eigenvalue weighted by Crippen LogP contribution is -2.49. The van der Waals surface area contributed by atoms with Gasteiger partial charge < -0.3 is 5.32 Å². The molecule has 1 aromatic rings. The molecular weight excluding hydrogens is 309 g/mol. The average Bonchev–Trinajstić information content (AvgIpc) is 2.35. The number of halogens is 2. The van der Waals surface area contributed by atoms with Gasteiger partial charge in [0.15, 0.2) is 0 Å². The molecule has 1 amide bonds. The van der Waals surface area contributed by atoms with Gasteiger partial charge in [-0.15, -0.1) is 0 Å². The lowest BCUT2D eigenvalue weighted by Gasteiger charge is -2.53. The monoisotopic (exact) mass is 325 g/mol. The third-order valence-corrected chi connectivity index (χ3v) is 5.81. The maximum Gasteiger partial charge on any atom is 0.229 e. The van der Waals surface area contributed by atoms with E-state index in [0.717, 1.165) is 11.8 Å². The maximum absolute atomic E-state index is 12.7. The second-order valence-corrected chi connectivity index (χ2v) is 7.52. The van der Waals surface area contributed by atoms with Crippen molar-refractivity contribution in [2.45, 2.75) is 32.1 Å². The average molecular weight is 326 g/mol. The molecule has 21 heavy (non-hydrogen) atoms. The molecule has 0 spiro atoms. The van der Waals surface area contributed by atoms with Crippen LogP contribution in [0, 0.1) is 29.6 Å². The van der Waals surface area contributed by atoms with Crippen molar-refractivity contribution in [3.63, 3.8) is 0 Å². The Bertz CT molecular complexity index is 544. The number of carbonyl (C=O) groups is 1. The Morgan fingerprint density at radius 3 is 2.24 bits per heavy atom. The summed E-state index contributed by atoms with van der Waals surface area (Å²) < 4.78 is 0. The molecule has 4 fully saturated rings. The number of aromatic nitrogens is 2. The topological polar surface area (TPSA) is 54.9 Å². The fourth-order valence-electron chi connectivity index (χ4n) is 5.02. The van der Waals surface area contributed by atoms with Crippen molar-refractivity contribution in [1.29, 1.82) is 0 Å². The van der Waals surface area contributed by atoms with Crippen LogP contribution in [0.3, 0.4) is 0 Å². The Labute approximate surface area is 133 Å². The van der Waals surface area contributed by atoms with Crippen LogP contribution in [-0.4, -0.2) is 15.9 Å². The van der Waals surface area contributed by atoms with Gasteiger partial charge in [0.1, 0.15) is 11.0 Å². The molecule has 1 aromatic heterocycles. The molecule has 5 rings (SSSR count). The lowest BCUT2D eigenvalue weighted by molar-refractivity contribution is -0.132. The molecule has 6 heteroatoms. The highest BCUT2D eigenvalue weighted by atomic mass is 35.5. The predicted molar refractivity (Wildman–Crippen MR) is 81.2 cm³/mol. The molecule has 4 saturated carbocycles. The molecule has 1 heterocycles. The first-order chi connectivity index (χ1) is 10.1. The van der Waals surface area contributed by atoms with Crippen molar-refractivity contribution in [3.8, 4) is 0 Å². The van der Waals surface area contributed by atoms with Gasteiger partial charge in [-0.3, -0.25) is 4.79 Å². The molecule has 0 saturated heterocycles. The zero-order valence-corrected chi connectivity index (χ0v) is 13.1. The molecule has 4 aliphatic rings. The van der Waals surface area contributed by atoms with Gasteiger partial charge >= 0.3 is 0 Å². The largest absolute Gasteiger partial charge is 0.310 e. The maximum atomic E-state index is 12.7. The standard InChI is InChI=1S/C15H17Cl2N3O/c16-11-6-12(20-15(17)18-11)19-14(21)13-9-2-7-1-8(4-9)5-10(13)3-7/h6-10,13H,1-5H2,(H,18,19,20,21). The van der Waals surface area contributed by atoms with Crippen LogP contribution < -0.4 is 5.32 Å². The summed E-state index contributed by atoms with van der Waals surface area (Å²) in [6.07, 6.45) is 6.26. The number of nitrogens with one attached hydrogen (secondary N) is 1. The molecular formula is C15H17Cl2N3O. The van der Waals surface area contributed by atoms with E-state index in [1.807, 2.05) is 0 Å². The van der Waals surface area contributed by atoms with Gasteiger partial charge in [0, 0.05) is 12.0 Å². The molecule has 4 nitrogen and oxygen atoms in total.